The van der Waals surface area contributed by atoms with E-state index in [0.29, 0.717) is 13.0 Å². The molecule has 1 N–H and O–H groups in total. The standard InChI is InChI=1S/C20H25NO3/c22-20(21-7-2-8-23-12-14-5-6-14)11-17-13-24-19-10-16-4-1-3-15(16)9-18(17)19/h9-10,13-14H,1-8,11-12H2,(H,21,22). The van der Waals surface area contributed by atoms with Crippen LogP contribution >= 0.6 is 0 Å². The second-order valence-corrected chi connectivity index (χ2v) is 7.13. The van der Waals surface area contributed by atoms with E-state index in [1.165, 1.54) is 30.4 Å². The van der Waals surface area contributed by atoms with Crippen LogP contribution in [0.3, 0.4) is 0 Å². The van der Waals surface area contributed by atoms with Gasteiger partial charge in [0.2, 0.25) is 5.91 Å². The average molecular weight is 327 g/mol. The fraction of sp³-hybridized carbons (Fsp3) is 0.550. The summed E-state index contributed by atoms with van der Waals surface area (Å²) in [6, 6.07) is 4.37. The fourth-order valence-corrected chi connectivity index (χ4v) is 3.46. The predicted octanol–water partition coefficient (Wildman–Crippen LogP) is 3.40. The number of furan rings is 1. The number of benzene rings is 1. The lowest BCUT2D eigenvalue weighted by atomic mass is 10.0. The SMILES string of the molecule is O=C(Cc1coc2cc3c(cc12)CCC3)NCCCOCC1CC1. The average Bonchev–Trinajstić information content (AvgIpc) is 3.16. The van der Waals surface area contributed by atoms with Crippen LogP contribution in [0, 0.1) is 5.92 Å². The van der Waals surface area contributed by atoms with Crippen LogP contribution in [0.4, 0.5) is 0 Å². The van der Waals surface area contributed by atoms with Crippen molar-refractivity contribution in [2.45, 2.75) is 44.9 Å². The molecule has 0 saturated heterocycles. The Morgan fingerprint density at radius 1 is 1.25 bits per heavy atom. The van der Waals surface area contributed by atoms with E-state index < -0.39 is 0 Å². The minimum atomic E-state index is 0.0559. The van der Waals surface area contributed by atoms with Gasteiger partial charge >= 0.3 is 0 Å². The van der Waals surface area contributed by atoms with E-state index in [2.05, 4.69) is 17.4 Å². The van der Waals surface area contributed by atoms with E-state index in [1.807, 2.05) is 0 Å². The third-order valence-electron chi connectivity index (χ3n) is 5.06. The smallest absolute Gasteiger partial charge is 0.224 e. The Bertz CT molecular complexity index is 730. The van der Waals surface area contributed by atoms with Crippen LogP contribution in [0.2, 0.25) is 0 Å². The van der Waals surface area contributed by atoms with Gasteiger partial charge in [-0.25, -0.2) is 0 Å². The Labute approximate surface area is 142 Å². The van der Waals surface area contributed by atoms with Crippen molar-refractivity contribution in [1.82, 2.24) is 5.32 Å². The molecule has 24 heavy (non-hydrogen) atoms. The molecule has 2 aliphatic carbocycles. The summed E-state index contributed by atoms with van der Waals surface area (Å²) in [6.07, 6.45) is 9.14. The normalized spacial score (nSPS) is 16.5. The Morgan fingerprint density at radius 3 is 2.92 bits per heavy atom. The number of rotatable bonds is 8. The summed E-state index contributed by atoms with van der Waals surface area (Å²) in [4.78, 5) is 12.1. The highest BCUT2D eigenvalue weighted by molar-refractivity contribution is 5.88. The molecule has 2 aromatic rings. The van der Waals surface area contributed by atoms with Gasteiger partial charge in [0, 0.05) is 30.7 Å². The number of carbonyl (C=O) groups is 1. The van der Waals surface area contributed by atoms with E-state index >= 15 is 0 Å². The van der Waals surface area contributed by atoms with Crippen molar-refractivity contribution in [1.29, 1.82) is 0 Å². The predicted molar refractivity (Wildman–Crippen MR) is 93.1 cm³/mol. The maximum atomic E-state index is 12.1. The summed E-state index contributed by atoms with van der Waals surface area (Å²) in [6.45, 7) is 2.30. The first-order chi connectivity index (χ1) is 11.8. The van der Waals surface area contributed by atoms with Crippen molar-refractivity contribution in [3.05, 3.63) is 35.1 Å². The number of amides is 1. The molecule has 0 unspecified atom stereocenters. The molecule has 4 rings (SSSR count). The lowest BCUT2D eigenvalue weighted by Gasteiger charge is -2.06. The van der Waals surface area contributed by atoms with E-state index in [1.54, 1.807) is 6.26 Å². The van der Waals surface area contributed by atoms with Gasteiger partial charge in [-0.3, -0.25) is 4.79 Å². The molecule has 0 atom stereocenters. The van der Waals surface area contributed by atoms with Crippen molar-refractivity contribution >= 4 is 16.9 Å². The quantitative estimate of drug-likeness (QED) is 0.756. The van der Waals surface area contributed by atoms with Crippen molar-refractivity contribution in [2.24, 2.45) is 5.92 Å². The summed E-state index contributed by atoms with van der Waals surface area (Å²) >= 11 is 0. The number of hydrogen-bond donors (Lipinski definition) is 1. The maximum Gasteiger partial charge on any atom is 0.224 e. The van der Waals surface area contributed by atoms with E-state index in [-0.39, 0.29) is 5.91 Å². The van der Waals surface area contributed by atoms with Crippen LogP contribution in [0.15, 0.2) is 22.8 Å². The van der Waals surface area contributed by atoms with E-state index in [4.69, 9.17) is 9.15 Å². The van der Waals surface area contributed by atoms with Crippen LogP contribution in [-0.4, -0.2) is 25.7 Å². The highest BCUT2D eigenvalue weighted by Crippen LogP contribution is 2.30. The summed E-state index contributed by atoms with van der Waals surface area (Å²) in [7, 11) is 0. The lowest BCUT2D eigenvalue weighted by Crippen LogP contribution is -2.26. The molecule has 2 aliphatic rings. The molecule has 4 nitrogen and oxygen atoms in total. The van der Waals surface area contributed by atoms with Crippen molar-refractivity contribution in [3.63, 3.8) is 0 Å². The van der Waals surface area contributed by atoms with E-state index in [9.17, 15) is 4.79 Å². The topological polar surface area (TPSA) is 51.5 Å². The van der Waals surface area contributed by atoms with Gasteiger partial charge < -0.3 is 14.5 Å². The van der Waals surface area contributed by atoms with Gasteiger partial charge in [0.1, 0.15) is 5.58 Å². The molecular weight excluding hydrogens is 302 g/mol. The van der Waals surface area contributed by atoms with Crippen molar-refractivity contribution in [3.8, 4) is 0 Å². The zero-order valence-electron chi connectivity index (χ0n) is 14.1. The number of carbonyl (C=O) groups excluding carboxylic acids is 1. The fourth-order valence-electron chi connectivity index (χ4n) is 3.46. The Morgan fingerprint density at radius 2 is 2.08 bits per heavy atom. The van der Waals surface area contributed by atoms with Gasteiger partial charge in [0.15, 0.2) is 0 Å². The summed E-state index contributed by atoms with van der Waals surface area (Å²) in [5.74, 6) is 0.857. The third kappa shape index (κ3) is 3.64. The number of ether oxygens (including phenoxy) is 1. The highest BCUT2D eigenvalue weighted by atomic mass is 16.5. The van der Waals surface area contributed by atoms with Gasteiger partial charge in [-0.15, -0.1) is 0 Å². The van der Waals surface area contributed by atoms with Crippen LogP contribution < -0.4 is 5.32 Å². The minimum Gasteiger partial charge on any atom is -0.464 e. The second kappa shape index (κ2) is 6.98. The molecule has 1 heterocycles. The molecule has 0 aliphatic heterocycles. The van der Waals surface area contributed by atoms with Gasteiger partial charge in [-0.05, 0) is 67.7 Å². The molecule has 1 amide bonds. The number of nitrogens with one attached hydrogen (secondary N) is 1. The molecule has 1 fully saturated rings. The Kier molecular flexibility index (Phi) is 4.56. The van der Waals surface area contributed by atoms with Crippen LogP contribution in [-0.2, 0) is 28.8 Å². The van der Waals surface area contributed by atoms with Crippen molar-refractivity contribution < 1.29 is 13.9 Å². The number of fused-ring (bicyclic) bond motifs is 2. The zero-order chi connectivity index (χ0) is 16.4. The highest BCUT2D eigenvalue weighted by Gasteiger charge is 2.21. The first-order valence-electron chi connectivity index (χ1n) is 9.16. The van der Waals surface area contributed by atoms with Crippen LogP contribution in [0.5, 0.6) is 0 Å². The molecular formula is C20H25NO3. The molecule has 0 radical (unpaired) electrons. The molecule has 1 aromatic heterocycles. The number of hydrogen-bond acceptors (Lipinski definition) is 3. The van der Waals surface area contributed by atoms with Gasteiger partial charge in [-0.2, -0.15) is 0 Å². The molecule has 4 heteroatoms. The second-order valence-electron chi connectivity index (χ2n) is 7.13. The molecule has 1 saturated carbocycles. The monoisotopic (exact) mass is 327 g/mol. The maximum absolute atomic E-state index is 12.1. The Hall–Kier alpha value is -1.81. The van der Waals surface area contributed by atoms with Crippen LogP contribution in [0.25, 0.3) is 11.0 Å². The Balaban J connectivity index is 1.26. The van der Waals surface area contributed by atoms with Gasteiger partial charge in [0.25, 0.3) is 0 Å². The lowest BCUT2D eigenvalue weighted by molar-refractivity contribution is -0.120. The summed E-state index contributed by atoms with van der Waals surface area (Å²) in [5.41, 5.74) is 4.71. The number of aryl methyl sites for hydroxylation is 2. The van der Waals surface area contributed by atoms with Gasteiger partial charge in [-0.1, -0.05) is 0 Å². The first kappa shape index (κ1) is 15.7. The molecule has 0 spiro atoms. The molecule has 128 valence electrons. The van der Waals surface area contributed by atoms with E-state index in [0.717, 1.165) is 54.9 Å². The molecule has 1 aromatic carbocycles. The van der Waals surface area contributed by atoms with Gasteiger partial charge in [0.05, 0.1) is 12.7 Å². The molecule has 0 bridgehead atoms. The zero-order valence-corrected chi connectivity index (χ0v) is 14.1. The largest absolute Gasteiger partial charge is 0.464 e. The first-order valence-corrected chi connectivity index (χ1v) is 9.16. The summed E-state index contributed by atoms with van der Waals surface area (Å²) in [5, 5.41) is 4.08. The minimum absolute atomic E-state index is 0.0559. The van der Waals surface area contributed by atoms with Crippen LogP contribution in [0.1, 0.15) is 42.4 Å². The third-order valence-corrected chi connectivity index (χ3v) is 5.06. The van der Waals surface area contributed by atoms with Crippen molar-refractivity contribution in [2.75, 3.05) is 19.8 Å². The summed E-state index contributed by atoms with van der Waals surface area (Å²) < 4.78 is 11.2.